The maximum Gasteiger partial charge on any atom is 0.236 e. The number of sulfonamides is 1. The van der Waals surface area contributed by atoms with E-state index in [0.717, 1.165) is 16.3 Å². The molecule has 0 unspecified atom stereocenters. The van der Waals surface area contributed by atoms with Crippen molar-refractivity contribution >= 4 is 49.2 Å². The largest absolute Gasteiger partial charge is 0.477 e. The molecule has 3 aromatic heterocycles. The molecule has 0 spiro atoms. The number of nitrogens with one attached hydrogen (secondary N) is 1. The lowest BCUT2D eigenvalue weighted by Crippen LogP contribution is -2.17. The molecular weight excluding hydrogens is 428 g/mol. The molecule has 0 amide bonds. The maximum absolute atomic E-state index is 12.3. The van der Waals surface area contributed by atoms with Crippen molar-refractivity contribution in [3.8, 4) is 17.1 Å². The molecule has 0 radical (unpaired) electrons. The monoisotopic (exact) mass is 444 g/mol. The van der Waals surface area contributed by atoms with Gasteiger partial charge in [0.05, 0.1) is 22.9 Å². The summed E-state index contributed by atoms with van der Waals surface area (Å²) in [6.07, 6.45) is 4.66. The Morgan fingerprint density at radius 1 is 1.23 bits per heavy atom. The highest BCUT2D eigenvalue weighted by atomic mass is 35.5. The SMILES string of the molecule is CCOc1ncc(-c2nccc3cc4c(NS(=O)(=O)C5CC5)noc4cc23)cc1Cl. The molecule has 0 atom stereocenters. The topological polar surface area (TPSA) is 107 Å². The summed E-state index contributed by atoms with van der Waals surface area (Å²) in [7, 11) is -3.44. The second kappa shape index (κ2) is 7.10. The number of nitrogens with zero attached hydrogens (tertiary/aromatic N) is 3. The minimum atomic E-state index is -3.44. The van der Waals surface area contributed by atoms with Crippen LogP contribution in [0.5, 0.6) is 5.88 Å². The average molecular weight is 445 g/mol. The predicted molar refractivity (Wildman–Crippen MR) is 114 cm³/mol. The van der Waals surface area contributed by atoms with E-state index in [1.807, 2.05) is 19.1 Å². The van der Waals surface area contributed by atoms with Crippen molar-refractivity contribution in [1.29, 1.82) is 0 Å². The van der Waals surface area contributed by atoms with Crippen LogP contribution in [0.3, 0.4) is 0 Å². The minimum absolute atomic E-state index is 0.197. The minimum Gasteiger partial charge on any atom is -0.477 e. The van der Waals surface area contributed by atoms with Gasteiger partial charge in [-0.2, -0.15) is 0 Å². The average Bonchev–Trinajstić information content (AvgIpc) is 3.52. The Labute approximate surface area is 177 Å². The van der Waals surface area contributed by atoms with Crippen molar-refractivity contribution in [2.24, 2.45) is 0 Å². The van der Waals surface area contributed by atoms with Crippen LogP contribution in [0.2, 0.25) is 5.02 Å². The molecule has 30 heavy (non-hydrogen) atoms. The van der Waals surface area contributed by atoms with Crippen molar-refractivity contribution < 1.29 is 17.7 Å². The number of hydrogen-bond acceptors (Lipinski definition) is 7. The van der Waals surface area contributed by atoms with Crippen LogP contribution in [-0.4, -0.2) is 35.4 Å². The highest BCUT2D eigenvalue weighted by Gasteiger charge is 2.36. The van der Waals surface area contributed by atoms with Crippen LogP contribution in [0.1, 0.15) is 19.8 Å². The molecule has 1 aromatic carbocycles. The summed E-state index contributed by atoms with van der Waals surface area (Å²) < 4.78 is 37.9. The Kier molecular flexibility index (Phi) is 4.52. The number of benzene rings is 1. The zero-order valence-electron chi connectivity index (χ0n) is 15.9. The molecule has 1 fully saturated rings. The van der Waals surface area contributed by atoms with E-state index in [1.54, 1.807) is 24.5 Å². The van der Waals surface area contributed by atoms with Crippen LogP contribution in [-0.2, 0) is 10.0 Å². The molecule has 8 nitrogen and oxygen atoms in total. The fourth-order valence-corrected chi connectivity index (χ4v) is 4.86. The summed E-state index contributed by atoms with van der Waals surface area (Å²) in [4.78, 5) is 8.76. The lowest BCUT2D eigenvalue weighted by molar-refractivity contribution is 0.327. The van der Waals surface area contributed by atoms with Crippen LogP contribution >= 0.6 is 11.6 Å². The Morgan fingerprint density at radius 2 is 2.07 bits per heavy atom. The van der Waals surface area contributed by atoms with Crippen LogP contribution in [0.25, 0.3) is 33.0 Å². The number of anilines is 1. The van der Waals surface area contributed by atoms with Gasteiger partial charge in [-0.05, 0) is 49.4 Å². The first-order valence-electron chi connectivity index (χ1n) is 9.45. The quantitative estimate of drug-likeness (QED) is 0.469. The molecule has 10 heteroatoms. The first-order chi connectivity index (χ1) is 14.5. The summed E-state index contributed by atoms with van der Waals surface area (Å²) >= 11 is 6.29. The molecule has 0 saturated heterocycles. The van der Waals surface area contributed by atoms with Crippen molar-refractivity contribution in [2.45, 2.75) is 25.0 Å². The van der Waals surface area contributed by atoms with Gasteiger partial charge in [0.15, 0.2) is 11.4 Å². The van der Waals surface area contributed by atoms with Gasteiger partial charge in [-0.25, -0.2) is 13.4 Å². The molecule has 1 saturated carbocycles. The lowest BCUT2D eigenvalue weighted by atomic mass is 10.0. The number of ether oxygens (including phenoxy) is 1. The van der Waals surface area contributed by atoms with Gasteiger partial charge in [0.2, 0.25) is 15.9 Å². The number of halogens is 1. The molecule has 0 aliphatic heterocycles. The van der Waals surface area contributed by atoms with E-state index >= 15 is 0 Å². The summed E-state index contributed by atoms with van der Waals surface area (Å²) in [5.41, 5.74) is 1.85. The smallest absolute Gasteiger partial charge is 0.236 e. The van der Waals surface area contributed by atoms with Gasteiger partial charge >= 0.3 is 0 Å². The highest BCUT2D eigenvalue weighted by Crippen LogP contribution is 2.36. The van der Waals surface area contributed by atoms with Gasteiger partial charge in [-0.1, -0.05) is 16.8 Å². The highest BCUT2D eigenvalue weighted by molar-refractivity contribution is 7.93. The van der Waals surface area contributed by atoms with Crippen LogP contribution in [0.15, 0.2) is 41.2 Å². The van der Waals surface area contributed by atoms with Gasteiger partial charge in [0.25, 0.3) is 0 Å². The third-order valence-electron chi connectivity index (χ3n) is 4.92. The fraction of sp³-hybridized carbons (Fsp3) is 0.250. The van der Waals surface area contributed by atoms with Crippen molar-refractivity contribution in [3.05, 3.63) is 41.7 Å². The van der Waals surface area contributed by atoms with Gasteiger partial charge < -0.3 is 9.26 Å². The zero-order chi connectivity index (χ0) is 20.9. The molecule has 1 N–H and O–H groups in total. The molecule has 154 valence electrons. The first kappa shape index (κ1) is 19.1. The second-order valence-electron chi connectivity index (χ2n) is 7.05. The molecule has 1 aliphatic carbocycles. The Hall–Kier alpha value is -2.91. The number of rotatable bonds is 6. The third kappa shape index (κ3) is 3.33. The molecule has 1 aliphatic rings. The number of hydrogen-bond donors (Lipinski definition) is 1. The first-order valence-corrected chi connectivity index (χ1v) is 11.4. The predicted octanol–water partition coefficient (Wildman–Crippen LogP) is 4.39. The Bertz CT molecular complexity index is 1380. The van der Waals surface area contributed by atoms with E-state index in [4.69, 9.17) is 20.9 Å². The normalized spacial score (nSPS) is 14.3. The van der Waals surface area contributed by atoms with Gasteiger partial charge in [0, 0.05) is 23.3 Å². The van der Waals surface area contributed by atoms with E-state index in [-0.39, 0.29) is 11.1 Å². The number of pyridine rings is 2. The van der Waals surface area contributed by atoms with Crippen LogP contribution in [0.4, 0.5) is 5.82 Å². The standard InChI is InChI=1S/C20H17ClN4O4S/c1-2-28-20-16(21)8-12(10-23-20)18-14-9-17-15(7-11(14)5-6-22-18)19(24-29-17)25-30(26,27)13-3-4-13/h5-10,13H,2-4H2,1H3,(H,24,25). The van der Waals surface area contributed by atoms with E-state index in [9.17, 15) is 8.42 Å². The van der Waals surface area contributed by atoms with Crippen molar-refractivity contribution in [3.63, 3.8) is 0 Å². The van der Waals surface area contributed by atoms with Crippen molar-refractivity contribution in [1.82, 2.24) is 15.1 Å². The summed E-state index contributed by atoms with van der Waals surface area (Å²) in [5.74, 6) is 0.566. The maximum atomic E-state index is 12.3. The lowest BCUT2D eigenvalue weighted by Gasteiger charge is -2.09. The Morgan fingerprint density at radius 3 is 2.80 bits per heavy atom. The van der Waals surface area contributed by atoms with Gasteiger partial charge in [0.1, 0.15) is 5.02 Å². The molecular formula is C20H17ClN4O4S. The molecule has 3 heterocycles. The molecule has 4 aromatic rings. The number of aromatic nitrogens is 3. The van der Waals surface area contributed by atoms with E-state index in [0.29, 0.717) is 47.0 Å². The van der Waals surface area contributed by atoms with E-state index < -0.39 is 10.0 Å². The zero-order valence-corrected chi connectivity index (χ0v) is 17.5. The third-order valence-corrected chi connectivity index (χ3v) is 7.02. The van der Waals surface area contributed by atoms with Crippen LogP contribution < -0.4 is 9.46 Å². The summed E-state index contributed by atoms with van der Waals surface area (Å²) in [6.45, 7) is 2.33. The Balaban J connectivity index is 1.60. The fourth-order valence-electron chi connectivity index (χ4n) is 3.30. The molecule has 5 rings (SSSR count). The molecule has 0 bridgehead atoms. The second-order valence-corrected chi connectivity index (χ2v) is 9.42. The number of fused-ring (bicyclic) bond motifs is 2. The summed E-state index contributed by atoms with van der Waals surface area (Å²) in [5, 5.41) is 6.22. The van der Waals surface area contributed by atoms with E-state index in [2.05, 4.69) is 19.8 Å². The van der Waals surface area contributed by atoms with Gasteiger partial charge in [-0.3, -0.25) is 9.71 Å². The van der Waals surface area contributed by atoms with Crippen LogP contribution in [0, 0.1) is 0 Å². The summed E-state index contributed by atoms with van der Waals surface area (Å²) in [6, 6.07) is 7.22. The van der Waals surface area contributed by atoms with E-state index in [1.165, 1.54) is 0 Å². The van der Waals surface area contributed by atoms with Crippen molar-refractivity contribution in [2.75, 3.05) is 11.3 Å². The van der Waals surface area contributed by atoms with Gasteiger partial charge in [-0.15, -0.1) is 0 Å².